The molecule has 3 aromatic carbocycles. The number of hydrogen-bond donors (Lipinski definition) is 2. The molecule has 4 rings (SSSR count). The Balaban J connectivity index is 1.45. The molecule has 178 valence electrons. The first-order valence-corrected chi connectivity index (χ1v) is 11.0. The summed E-state index contributed by atoms with van der Waals surface area (Å²) in [6, 6.07) is 21.5. The first kappa shape index (κ1) is 23.6. The van der Waals surface area contributed by atoms with E-state index in [0.29, 0.717) is 29.4 Å². The number of nitrogens with one attached hydrogen (secondary N) is 2. The van der Waals surface area contributed by atoms with E-state index < -0.39 is 24.4 Å². The van der Waals surface area contributed by atoms with Crippen molar-refractivity contribution in [1.29, 1.82) is 0 Å². The Morgan fingerprint density at radius 1 is 1.00 bits per heavy atom. The van der Waals surface area contributed by atoms with E-state index in [0.717, 1.165) is 16.0 Å². The summed E-state index contributed by atoms with van der Waals surface area (Å²) in [4.78, 5) is 38.4. The van der Waals surface area contributed by atoms with Crippen molar-refractivity contribution in [3.63, 3.8) is 0 Å². The number of ether oxygens (including phenoxy) is 2. The maximum Gasteiger partial charge on any atom is 0.329 e. The van der Waals surface area contributed by atoms with Crippen molar-refractivity contribution in [3.8, 4) is 11.5 Å². The van der Waals surface area contributed by atoms with Crippen LogP contribution in [0.5, 0.6) is 11.5 Å². The molecule has 0 unspecified atom stereocenters. The zero-order valence-electron chi connectivity index (χ0n) is 19.4. The normalized spacial score (nSPS) is 14.1. The average molecular weight is 472 g/mol. The predicted octanol–water partition coefficient (Wildman–Crippen LogP) is 4.11. The van der Waals surface area contributed by atoms with E-state index in [2.05, 4.69) is 10.6 Å². The van der Waals surface area contributed by atoms with Gasteiger partial charge in [0.2, 0.25) is 5.91 Å². The van der Waals surface area contributed by atoms with Crippen LogP contribution in [0.3, 0.4) is 0 Å². The first-order chi connectivity index (χ1) is 16.9. The van der Waals surface area contributed by atoms with E-state index in [1.807, 2.05) is 49.4 Å². The fraction of sp³-hybridized carbons (Fsp3) is 0.148. The minimum Gasteiger partial charge on any atom is -0.493 e. The van der Waals surface area contributed by atoms with Gasteiger partial charge < -0.3 is 20.1 Å². The maximum atomic E-state index is 12.8. The summed E-state index contributed by atoms with van der Waals surface area (Å²) in [6.07, 6.45) is 1.53. The third kappa shape index (κ3) is 5.86. The number of methoxy groups -OCH3 is 1. The summed E-state index contributed by atoms with van der Waals surface area (Å²) in [7, 11) is 1.54. The van der Waals surface area contributed by atoms with Gasteiger partial charge in [0.15, 0.2) is 11.5 Å². The molecule has 0 aliphatic carbocycles. The summed E-state index contributed by atoms with van der Waals surface area (Å²) in [5, 5.41) is 5.22. The fourth-order valence-corrected chi connectivity index (χ4v) is 3.49. The van der Waals surface area contributed by atoms with Gasteiger partial charge in [0.05, 0.1) is 7.11 Å². The number of hydrogen-bond acceptors (Lipinski definition) is 5. The van der Waals surface area contributed by atoms with Crippen LogP contribution in [-0.4, -0.2) is 36.4 Å². The van der Waals surface area contributed by atoms with Crippen LogP contribution in [0.1, 0.15) is 16.7 Å². The number of carbonyl (C=O) groups excluding carboxylic acids is 3. The second-order valence-corrected chi connectivity index (χ2v) is 7.98. The van der Waals surface area contributed by atoms with Gasteiger partial charge in [0.25, 0.3) is 5.91 Å². The van der Waals surface area contributed by atoms with Crippen molar-refractivity contribution in [2.75, 3.05) is 19.0 Å². The van der Waals surface area contributed by atoms with E-state index in [-0.39, 0.29) is 5.70 Å². The zero-order valence-corrected chi connectivity index (χ0v) is 19.4. The molecule has 1 saturated heterocycles. The van der Waals surface area contributed by atoms with E-state index >= 15 is 0 Å². The number of carbonyl (C=O) groups is 3. The monoisotopic (exact) mass is 471 g/mol. The van der Waals surface area contributed by atoms with E-state index in [4.69, 9.17) is 9.47 Å². The maximum absolute atomic E-state index is 12.8. The van der Waals surface area contributed by atoms with Gasteiger partial charge in [0, 0.05) is 5.69 Å². The van der Waals surface area contributed by atoms with E-state index in [1.54, 1.807) is 37.4 Å². The van der Waals surface area contributed by atoms with Crippen LogP contribution < -0.4 is 20.1 Å². The van der Waals surface area contributed by atoms with Gasteiger partial charge in [-0.2, -0.15) is 0 Å². The van der Waals surface area contributed by atoms with Crippen LogP contribution in [0, 0.1) is 6.92 Å². The zero-order chi connectivity index (χ0) is 24.8. The molecule has 2 N–H and O–H groups in total. The Bertz CT molecular complexity index is 1270. The topological polar surface area (TPSA) is 97.0 Å². The van der Waals surface area contributed by atoms with Crippen LogP contribution in [0.4, 0.5) is 10.5 Å². The smallest absolute Gasteiger partial charge is 0.329 e. The first-order valence-electron chi connectivity index (χ1n) is 11.0. The van der Waals surface area contributed by atoms with Gasteiger partial charge >= 0.3 is 6.03 Å². The largest absolute Gasteiger partial charge is 0.493 e. The Kier molecular flexibility index (Phi) is 7.11. The molecule has 1 aliphatic rings. The van der Waals surface area contributed by atoms with E-state index in [9.17, 15) is 14.4 Å². The average Bonchev–Trinajstić information content (AvgIpc) is 3.12. The summed E-state index contributed by atoms with van der Waals surface area (Å²) in [5.41, 5.74) is 3.33. The molecule has 0 radical (unpaired) electrons. The van der Waals surface area contributed by atoms with Crippen LogP contribution in [0.25, 0.3) is 6.08 Å². The lowest BCUT2D eigenvalue weighted by Crippen LogP contribution is -2.38. The van der Waals surface area contributed by atoms with Gasteiger partial charge in [-0.1, -0.05) is 54.1 Å². The van der Waals surface area contributed by atoms with Crippen molar-refractivity contribution in [3.05, 3.63) is 95.2 Å². The third-order valence-corrected chi connectivity index (χ3v) is 5.34. The number of rotatable bonds is 8. The highest BCUT2D eigenvalue weighted by atomic mass is 16.5. The van der Waals surface area contributed by atoms with Crippen molar-refractivity contribution in [2.45, 2.75) is 13.5 Å². The summed E-state index contributed by atoms with van der Waals surface area (Å²) < 4.78 is 11.3. The molecule has 8 heteroatoms. The molecule has 3 aromatic rings. The van der Waals surface area contributed by atoms with Gasteiger partial charge in [-0.15, -0.1) is 0 Å². The van der Waals surface area contributed by atoms with Crippen LogP contribution in [0.15, 0.2) is 78.5 Å². The molecule has 1 heterocycles. The van der Waals surface area contributed by atoms with Crippen LogP contribution in [-0.2, 0) is 16.2 Å². The van der Waals surface area contributed by atoms with E-state index in [1.165, 1.54) is 6.08 Å². The molecule has 1 fully saturated rings. The highest BCUT2D eigenvalue weighted by Gasteiger charge is 2.35. The second-order valence-electron chi connectivity index (χ2n) is 7.98. The lowest BCUT2D eigenvalue weighted by Gasteiger charge is -2.12. The Hall–Kier alpha value is -4.59. The van der Waals surface area contributed by atoms with Crippen LogP contribution >= 0.6 is 0 Å². The minimum absolute atomic E-state index is 0.0670. The van der Waals surface area contributed by atoms with Crippen molar-refractivity contribution >= 4 is 29.6 Å². The molecule has 35 heavy (non-hydrogen) atoms. The Morgan fingerprint density at radius 3 is 2.46 bits per heavy atom. The molecule has 8 nitrogen and oxygen atoms in total. The van der Waals surface area contributed by atoms with Crippen molar-refractivity contribution in [2.24, 2.45) is 0 Å². The second kappa shape index (κ2) is 10.6. The quantitative estimate of drug-likeness (QED) is 0.381. The molecule has 0 aromatic heterocycles. The number of nitrogens with zero attached hydrogens (tertiary/aromatic N) is 1. The predicted molar refractivity (Wildman–Crippen MR) is 132 cm³/mol. The van der Waals surface area contributed by atoms with Crippen molar-refractivity contribution in [1.82, 2.24) is 10.2 Å². The molecule has 0 bridgehead atoms. The third-order valence-electron chi connectivity index (χ3n) is 5.34. The number of aryl methyl sites for hydroxylation is 1. The van der Waals surface area contributed by atoms with Gasteiger partial charge in [-0.3, -0.25) is 9.59 Å². The molecule has 0 atom stereocenters. The molecular formula is C27H25N3O5. The number of benzene rings is 3. The van der Waals surface area contributed by atoms with Crippen LogP contribution in [0.2, 0.25) is 0 Å². The van der Waals surface area contributed by atoms with Gasteiger partial charge in [-0.05, 0) is 48.4 Å². The summed E-state index contributed by atoms with van der Waals surface area (Å²) >= 11 is 0. The SMILES string of the molecule is COc1ccc(/C=C2/NC(=O)N(CC(=O)Nc3ccc(C)cc3)C2=O)cc1OCc1ccccc1. The molecule has 4 amide bonds. The number of amides is 4. The molecule has 0 saturated carbocycles. The molecule has 1 aliphatic heterocycles. The summed E-state index contributed by atoms with van der Waals surface area (Å²) in [5.74, 6) is -0.0210. The number of urea groups is 1. The lowest BCUT2D eigenvalue weighted by molar-refractivity contribution is -0.127. The Morgan fingerprint density at radius 2 is 1.74 bits per heavy atom. The highest BCUT2D eigenvalue weighted by molar-refractivity contribution is 6.15. The standard InChI is InChI=1S/C27H25N3O5/c1-18-8-11-21(12-9-18)28-25(31)16-30-26(32)22(29-27(30)33)14-20-10-13-23(34-2)24(15-20)35-17-19-6-4-3-5-7-19/h3-15H,16-17H2,1-2H3,(H,28,31)(H,29,33)/b22-14+. The minimum atomic E-state index is -0.658. The summed E-state index contributed by atoms with van der Waals surface area (Å²) in [6.45, 7) is 1.88. The lowest BCUT2D eigenvalue weighted by atomic mass is 10.1. The Labute approximate surface area is 203 Å². The van der Waals surface area contributed by atoms with Gasteiger partial charge in [-0.25, -0.2) is 9.69 Å². The van der Waals surface area contributed by atoms with Crippen molar-refractivity contribution < 1.29 is 23.9 Å². The van der Waals surface area contributed by atoms with Gasteiger partial charge in [0.1, 0.15) is 18.8 Å². The molecule has 0 spiro atoms. The highest BCUT2D eigenvalue weighted by Crippen LogP contribution is 2.30. The fourth-order valence-electron chi connectivity index (χ4n) is 3.49. The number of anilines is 1. The molecular weight excluding hydrogens is 446 g/mol. The number of imide groups is 1.